The molecule has 0 fully saturated rings. The number of nitrogens with two attached hydrogens (primary N) is 1. The highest BCUT2D eigenvalue weighted by atomic mass is 32.2. The molecule has 2 rings (SSSR count). The Kier molecular flexibility index (Phi) is 6.66. The van der Waals surface area contributed by atoms with Crippen LogP contribution in [0.15, 0.2) is 28.8 Å². The van der Waals surface area contributed by atoms with Crippen molar-refractivity contribution in [2.45, 2.75) is 57.9 Å². The number of carbonyl (C=O) groups is 1. The zero-order valence-corrected chi connectivity index (χ0v) is 18.2. The van der Waals surface area contributed by atoms with Crippen molar-refractivity contribution in [1.82, 2.24) is 10.0 Å². The molecule has 1 aromatic carbocycles. The fourth-order valence-electron chi connectivity index (χ4n) is 3.53. The van der Waals surface area contributed by atoms with Crippen LogP contribution in [0.4, 0.5) is 4.79 Å². The van der Waals surface area contributed by atoms with Gasteiger partial charge in [-0.3, -0.25) is 5.01 Å². The van der Waals surface area contributed by atoms with Crippen molar-refractivity contribution in [3.05, 3.63) is 35.0 Å². The van der Waals surface area contributed by atoms with Crippen molar-refractivity contribution in [2.24, 2.45) is 10.6 Å². The van der Waals surface area contributed by atoms with Crippen LogP contribution in [0.2, 0.25) is 0 Å². The van der Waals surface area contributed by atoms with Gasteiger partial charge in [-0.05, 0) is 42.2 Å². The number of hydrazine groups is 1. The van der Waals surface area contributed by atoms with Gasteiger partial charge in [0.05, 0.1) is 10.9 Å². The number of primary sulfonamides is 1. The molecule has 0 saturated heterocycles. The number of fused-ring (bicyclic) bond motifs is 1. The summed E-state index contributed by atoms with van der Waals surface area (Å²) in [4.78, 5) is 12.1. The van der Waals surface area contributed by atoms with Gasteiger partial charge in [0.1, 0.15) is 0 Å². The normalized spacial score (nSPS) is 16.6. The molecule has 0 aliphatic carbocycles. The molecule has 0 bridgehead atoms. The molecule has 1 heterocycles. The van der Waals surface area contributed by atoms with Gasteiger partial charge in [-0.2, -0.15) is 0 Å². The van der Waals surface area contributed by atoms with Crippen LogP contribution in [0.25, 0.3) is 6.08 Å². The summed E-state index contributed by atoms with van der Waals surface area (Å²) in [6, 6.07) is 4.36. The lowest BCUT2D eigenvalue weighted by Gasteiger charge is -2.48. The number of nitrogens with zero attached hydrogens (tertiary/aromatic N) is 2. The third-order valence-electron chi connectivity index (χ3n) is 4.83. The Balaban J connectivity index is 2.77. The van der Waals surface area contributed by atoms with E-state index in [-0.39, 0.29) is 10.9 Å². The maximum Gasteiger partial charge on any atom is 0.426 e. The first-order valence-corrected chi connectivity index (χ1v) is 11.1. The predicted molar refractivity (Wildman–Crippen MR) is 113 cm³/mol. The predicted octanol–water partition coefficient (Wildman–Crippen LogP) is 3.80. The Morgan fingerprint density at radius 3 is 2.52 bits per heavy atom. The maximum atomic E-state index is 12.1. The van der Waals surface area contributed by atoms with E-state index in [0.29, 0.717) is 31.4 Å². The summed E-state index contributed by atoms with van der Waals surface area (Å²) in [5.74, 6) is 2.63. The lowest BCUT2D eigenvalue weighted by molar-refractivity contribution is -0.0312. The van der Waals surface area contributed by atoms with Crippen molar-refractivity contribution in [3.63, 3.8) is 0 Å². The van der Waals surface area contributed by atoms with Gasteiger partial charge in [-0.15, -0.1) is 12.3 Å². The number of hydrogen-bond acceptors (Lipinski definition) is 4. The van der Waals surface area contributed by atoms with E-state index in [9.17, 15) is 18.3 Å². The van der Waals surface area contributed by atoms with Gasteiger partial charge < -0.3 is 5.11 Å². The number of sulfonamides is 1. The van der Waals surface area contributed by atoms with Crippen LogP contribution >= 0.6 is 0 Å². The third kappa shape index (κ3) is 4.92. The Labute approximate surface area is 173 Å². The fraction of sp³-hybridized carbons (Fsp3) is 0.476. The highest BCUT2D eigenvalue weighted by molar-refractivity contribution is 7.89. The molecule has 0 unspecified atom stereocenters. The Bertz CT molecular complexity index is 955. The van der Waals surface area contributed by atoms with Crippen LogP contribution in [0.5, 0.6) is 0 Å². The van der Waals surface area contributed by atoms with E-state index in [0.717, 1.165) is 11.3 Å². The molecule has 0 aromatic heterocycles. The Morgan fingerprint density at radius 1 is 1.38 bits per heavy atom. The molecule has 29 heavy (non-hydrogen) atoms. The minimum atomic E-state index is -3.86. The quantitative estimate of drug-likeness (QED) is 0.683. The number of benzene rings is 1. The second-order valence-electron chi connectivity index (χ2n) is 8.12. The smallest absolute Gasteiger partial charge is 0.426 e. The molecular formula is C21H29N3O4S. The summed E-state index contributed by atoms with van der Waals surface area (Å²) in [5, 5.41) is 18.3. The number of hydrogen-bond donors (Lipinski definition) is 2. The van der Waals surface area contributed by atoms with Crippen molar-refractivity contribution in [3.8, 4) is 12.3 Å². The van der Waals surface area contributed by atoms with E-state index in [1.807, 2.05) is 38.8 Å². The van der Waals surface area contributed by atoms with E-state index in [2.05, 4.69) is 5.92 Å². The van der Waals surface area contributed by atoms with E-state index in [1.54, 1.807) is 12.1 Å². The second-order valence-corrected chi connectivity index (χ2v) is 9.69. The molecule has 0 saturated carbocycles. The van der Waals surface area contributed by atoms with Crippen LogP contribution in [0.3, 0.4) is 0 Å². The SMILES string of the molecule is C#CCC[C@@H]1c2ccc(S(N)(=O)=O)cc2C=C(C(C)(C)C)N1N(CCC)C(=O)O. The molecule has 1 amide bonds. The monoisotopic (exact) mass is 419 g/mol. The molecule has 1 atom stereocenters. The van der Waals surface area contributed by atoms with Crippen LogP contribution in [0.1, 0.15) is 64.1 Å². The zero-order valence-electron chi connectivity index (χ0n) is 17.3. The van der Waals surface area contributed by atoms with Gasteiger partial charge in [-0.25, -0.2) is 23.4 Å². The van der Waals surface area contributed by atoms with E-state index < -0.39 is 21.5 Å². The second kappa shape index (κ2) is 8.47. The first kappa shape index (κ1) is 22.8. The third-order valence-corrected chi connectivity index (χ3v) is 5.74. The van der Waals surface area contributed by atoms with E-state index >= 15 is 0 Å². The van der Waals surface area contributed by atoms with Gasteiger partial charge in [0.25, 0.3) is 0 Å². The number of carboxylic acid groups (broad SMARTS) is 1. The summed E-state index contributed by atoms with van der Waals surface area (Å²) < 4.78 is 23.7. The first-order valence-electron chi connectivity index (χ1n) is 9.53. The Hall–Kier alpha value is -2.50. The molecule has 158 valence electrons. The lowest BCUT2D eigenvalue weighted by atomic mass is 9.83. The van der Waals surface area contributed by atoms with Crippen LogP contribution in [0, 0.1) is 17.8 Å². The standard InChI is InChI=1S/C21H29N3O4S/c1-6-8-9-18-17-11-10-16(29(22,27)28)13-15(17)14-19(21(3,4)5)24(18)23(12-7-2)20(25)26/h1,10-11,13-14,18H,7-9,12H2,2-5H3,(H,25,26)(H2,22,27,28)/t18-/m1/s1. The molecule has 8 heteroatoms. The summed E-state index contributed by atoms with van der Waals surface area (Å²) >= 11 is 0. The molecule has 3 N–H and O–H groups in total. The molecular weight excluding hydrogens is 390 g/mol. The average molecular weight is 420 g/mol. The summed E-state index contributed by atoms with van der Waals surface area (Å²) in [7, 11) is -3.86. The van der Waals surface area contributed by atoms with Gasteiger partial charge in [0, 0.05) is 24.1 Å². The van der Waals surface area contributed by atoms with Crippen LogP contribution in [-0.2, 0) is 10.0 Å². The Morgan fingerprint density at radius 2 is 2.03 bits per heavy atom. The van der Waals surface area contributed by atoms with E-state index in [1.165, 1.54) is 11.1 Å². The van der Waals surface area contributed by atoms with Crippen molar-refractivity contribution in [1.29, 1.82) is 0 Å². The number of amides is 1. The van der Waals surface area contributed by atoms with Crippen molar-refractivity contribution >= 4 is 22.2 Å². The first-order chi connectivity index (χ1) is 13.4. The molecule has 0 spiro atoms. The van der Waals surface area contributed by atoms with Crippen molar-refractivity contribution in [2.75, 3.05) is 6.54 Å². The maximum absolute atomic E-state index is 12.1. The molecule has 1 aliphatic rings. The largest absolute Gasteiger partial charge is 0.464 e. The summed E-state index contributed by atoms with van der Waals surface area (Å²) in [5.41, 5.74) is 1.91. The van der Waals surface area contributed by atoms with E-state index in [4.69, 9.17) is 11.6 Å². The van der Waals surface area contributed by atoms with Gasteiger partial charge in [-0.1, -0.05) is 33.8 Å². The number of allylic oxidation sites excluding steroid dienone is 1. The number of rotatable bonds is 6. The van der Waals surface area contributed by atoms with Gasteiger partial charge in [0.15, 0.2) is 0 Å². The zero-order chi connectivity index (χ0) is 22.0. The minimum Gasteiger partial charge on any atom is -0.464 e. The van der Waals surface area contributed by atoms with Gasteiger partial charge in [0.2, 0.25) is 10.0 Å². The summed E-state index contributed by atoms with van der Waals surface area (Å²) in [6.45, 7) is 8.22. The minimum absolute atomic E-state index is 0.0218. The highest BCUT2D eigenvalue weighted by Crippen LogP contribution is 2.44. The fourth-order valence-corrected chi connectivity index (χ4v) is 4.08. The van der Waals surface area contributed by atoms with Gasteiger partial charge >= 0.3 is 6.09 Å². The summed E-state index contributed by atoms with van der Waals surface area (Å²) in [6.07, 6.45) is 7.94. The molecule has 0 radical (unpaired) electrons. The molecule has 7 nitrogen and oxygen atoms in total. The average Bonchev–Trinajstić information content (AvgIpc) is 2.61. The lowest BCUT2D eigenvalue weighted by Crippen LogP contribution is -2.51. The van der Waals surface area contributed by atoms with Crippen LogP contribution in [-0.4, -0.2) is 36.2 Å². The topological polar surface area (TPSA) is 104 Å². The highest BCUT2D eigenvalue weighted by Gasteiger charge is 2.38. The molecule has 1 aromatic rings. The van der Waals surface area contributed by atoms with Crippen LogP contribution < -0.4 is 5.14 Å². The number of terminal acetylenes is 1. The molecule has 1 aliphatic heterocycles. The van der Waals surface area contributed by atoms with Crippen molar-refractivity contribution < 1.29 is 18.3 Å².